The number of amides is 2. The Morgan fingerprint density at radius 1 is 0.865 bits per heavy atom. The first kappa shape index (κ1) is 30.0. The van der Waals surface area contributed by atoms with Crippen LogP contribution in [0.3, 0.4) is 0 Å². The maximum atomic E-state index is 13.2. The lowest BCUT2D eigenvalue weighted by Crippen LogP contribution is -2.57. The van der Waals surface area contributed by atoms with Crippen LogP contribution < -0.4 is 16.4 Å². The Hall–Kier alpha value is -3.23. The van der Waals surface area contributed by atoms with Crippen molar-refractivity contribution in [2.24, 2.45) is 17.6 Å². The topological polar surface area (TPSA) is 131 Å². The standard InChI is InChI=1S/C29H41N3O5/c1-21(2)26(29(36)37-20-23-15-9-4-10-16-23)32-28(35)27(24(18-30)19-33)31-25(34)17-11-5-8-14-22-12-6-3-7-13-22/h3-4,6-7,9-10,12-13,15-16,21,24,26-27,33H,5,8,11,14,17-20,30H2,1-2H3,(H,31,34)(H,32,35). The molecule has 0 saturated carbocycles. The molecule has 0 spiro atoms. The summed E-state index contributed by atoms with van der Waals surface area (Å²) in [5, 5.41) is 15.2. The summed E-state index contributed by atoms with van der Waals surface area (Å²) in [7, 11) is 0. The molecule has 2 amide bonds. The van der Waals surface area contributed by atoms with Gasteiger partial charge in [-0.25, -0.2) is 4.79 Å². The number of hydrogen-bond donors (Lipinski definition) is 4. The summed E-state index contributed by atoms with van der Waals surface area (Å²) in [4.78, 5) is 38.6. The van der Waals surface area contributed by atoms with Gasteiger partial charge in [-0.3, -0.25) is 9.59 Å². The van der Waals surface area contributed by atoms with Gasteiger partial charge in [-0.1, -0.05) is 80.9 Å². The van der Waals surface area contributed by atoms with Gasteiger partial charge in [-0.05, 0) is 42.9 Å². The Labute approximate surface area is 220 Å². The first-order valence-corrected chi connectivity index (χ1v) is 13.0. The van der Waals surface area contributed by atoms with Crippen molar-refractivity contribution >= 4 is 17.8 Å². The quantitative estimate of drug-likeness (QED) is 0.202. The fourth-order valence-corrected chi connectivity index (χ4v) is 3.95. The van der Waals surface area contributed by atoms with E-state index in [1.54, 1.807) is 13.8 Å². The molecular formula is C29H41N3O5. The monoisotopic (exact) mass is 511 g/mol. The highest BCUT2D eigenvalue weighted by Gasteiger charge is 2.33. The molecule has 8 heteroatoms. The number of unbranched alkanes of at least 4 members (excludes halogenated alkanes) is 2. The molecule has 202 valence electrons. The predicted octanol–water partition coefficient (Wildman–Crippen LogP) is 2.73. The molecule has 0 aliphatic heterocycles. The van der Waals surface area contributed by atoms with Gasteiger partial charge in [-0.2, -0.15) is 0 Å². The molecule has 0 heterocycles. The SMILES string of the molecule is CC(C)C(NC(=O)C(NC(=O)CCCCCc1ccccc1)C(CN)CO)C(=O)OCc1ccccc1. The highest BCUT2D eigenvalue weighted by atomic mass is 16.5. The Bertz CT molecular complexity index is 949. The summed E-state index contributed by atoms with van der Waals surface area (Å²) in [6.45, 7) is 3.30. The molecule has 0 fully saturated rings. The number of carbonyl (C=O) groups excluding carboxylic acids is 3. The number of ether oxygens (including phenoxy) is 1. The number of nitrogens with two attached hydrogens (primary N) is 1. The van der Waals surface area contributed by atoms with Gasteiger partial charge in [0.15, 0.2) is 0 Å². The maximum Gasteiger partial charge on any atom is 0.329 e. The lowest BCUT2D eigenvalue weighted by molar-refractivity contribution is -0.150. The van der Waals surface area contributed by atoms with E-state index in [0.717, 1.165) is 24.8 Å². The fraction of sp³-hybridized carbons (Fsp3) is 0.483. The number of hydrogen-bond acceptors (Lipinski definition) is 6. The molecule has 2 aromatic rings. The summed E-state index contributed by atoms with van der Waals surface area (Å²) in [5.74, 6) is -2.37. The predicted molar refractivity (Wildman–Crippen MR) is 143 cm³/mol. The molecule has 3 atom stereocenters. The molecule has 0 aliphatic rings. The van der Waals surface area contributed by atoms with Crippen LogP contribution in [0.1, 0.15) is 50.7 Å². The minimum Gasteiger partial charge on any atom is -0.459 e. The number of esters is 1. The van der Waals surface area contributed by atoms with Crippen molar-refractivity contribution in [1.29, 1.82) is 0 Å². The van der Waals surface area contributed by atoms with Crippen molar-refractivity contribution < 1.29 is 24.2 Å². The van der Waals surface area contributed by atoms with Crippen LogP contribution >= 0.6 is 0 Å². The molecule has 0 bridgehead atoms. The first-order chi connectivity index (χ1) is 17.8. The van der Waals surface area contributed by atoms with E-state index in [2.05, 4.69) is 22.8 Å². The van der Waals surface area contributed by atoms with E-state index in [1.807, 2.05) is 48.5 Å². The Balaban J connectivity index is 1.90. The van der Waals surface area contributed by atoms with Crippen molar-refractivity contribution in [3.8, 4) is 0 Å². The zero-order chi connectivity index (χ0) is 27.0. The van der Waals surface area contributed by atoms with Gasteiger partial charge in [-0.15, -0.1) is 0 Å². The number of nitrogens with one attached hydrogen (secondary N) is 2. The lowest BCUT2D eigenvalue weighted by atomic mass is 9.97. The smallest absolute Gasteiger partial charge is 0.329 e. The summed E-state index contributed by atoms with van der Waals surface area (Å²) in [6.07, 6.45) is 3.73. The molecule has 0 radical (unpaired) electrons. The van der Waals surface area contributed by atoms with Gasteiger partial charge in [0.2, 0.25) is 11.8 Å². The van der Waals surface area contributed by atoms with Crippen LogP contribution in [0, 0.1) is 11.8 Å². The number of aliphatic hydroxyl groups is 1. The molecule has 0 aromatic heterocycles. The number of aryl methyl sites for hydroxylation is 1. The van der Waals surface area contributed by atoms with E-state index in [4.69, 9.17) is 10.5 Å². The Morgan fingerprint density at radius 3 is 2.05 bits per heavy atom. The Kier molecular flexibility index (Phi) is 13.4. The minimum atomic E-state index is -1.06. The normalized spacial score (nSPS) is 13.4. The molecular weight excluding hydrogens is 470 g/mol. The van der Waals surface area contributed by atoms with Crippen LogP contribution in [0.15, 0.2) is 60.7 Å². The summed E-state index contributed by atoms with van der Waals surface area (Å²) < 4.78 is 5.42. The van der Waals surface area contributed by atoms with Crippen molar-refractivity contribution in [1.82, 2.24) is 10.6 Å². The third-order valence-electron chi connectivity index (χ3n) is 6.26. The first-order valence-electron chi connectivity index (χ1n) is 13.0. The largest absolute Gasteiger partial charge is 0.459 e. The van der Waals surface area contributed by atoms with E-state index >= 15 is 0 Å². The molecule has 2 aromatic carbocycles. The molecule has 3 unspecified atom stereocenters. The number of rotatable bonds is 16. The third-order valence-corrected chi connectivity index (χ3v) is 6.26. The van der Waals surface area contributed by atoms with Crippen LogP contribution in [0.25, 0.3) is 0 Å². The highest BCUT2D eigenvalue weighted by Crippen LogP contribution is 2.11. The van der Waals surface area contributed by atoms with E-state index in [1.165, 1.54) is 5.56 Å². The fourth-order valence-electron chi connectivity index (χ4n) is 3.95. The minimum absolute atomic E-state index is 0.00323. The molecule has 8 nitrogen and oxygen atoms in total. The van der Waals surface area contributed by atoms with Crippen LogP contribution in [-0.2, 0) is 32.1 Å². The molecule has 5 N–H and O–H groups in total. The zero-order valence-electron chi connectivity index (χ0n) is 21.9. The van der Waals surface area contributed by atoms with Gasteiger partial charge in [0.05, 0.1) is 0 Å². The van der Waals surface area contributed by atoms with Crippen LogP contribution in [0.5, 0.6) is 0 Å². The maximum absolute atomic E-state index is 13.2. The second-order valence-corrected chi connectivity index (χ2v) is 9.59. The summed E-state index contributed by atoms with van der Waals surface area (Å²) >= 11 is 0. The van der Waals surface area contributed by atoms with E-state index < -0.39 is 29.9 Å². The van der Waals surface area contributed by atoms with Gasteiger partial charge in [0.1, 0.15) is 18.7 Å². The number of aliphatic hydroxyl groups excluding tert-OH is 1. The molecule has 0 aliphatic carbocycles. The van der Waals surface area contributed by atoms with Crippen LogP contribution in [-0.4, -0.2) is 48.1 Å². The summed E-state index contributed by atoms with van der Waals surface area (Å²) in [6, 6.07) is 17.5. The molecule has 0 saturated heterocycles. The van der Waals surface area contributed by atoms with E-state index in [-0.39, 0.29) is 38.0 Å². The van der Waals surface area contributed by atoms with Crippen molar-refractivity contribution in [3.05, 3.63) is 71.8 Å². The molecule has 37 heavy (non-hydrogen) atoms. The van der Waals surface area contributed by atoms with Gasteiger partial charge in [0, 0.05) is 18.9 Å². The van der Waals surface area contributed by atoms with Crippen LogP contribution in [0.2, 0.25) is 0 Å². The van der Waals surface area contributed by atoms with Gasteiger partial charge >= 0.3 is 5.97 Å². The number of carbonyl (C=O) groups is 3. The van der Waals surface area contributed by atoms with Gasteiger partial charge in [0.25, 0.3) is 0 Å². The third kappa shape index (κ3) is 10.7. The lowest BCUT2D eigenvalue weighted by Gasteiger charge is -2.28. The van der Waals surface area contributed by atoms with Crippen molar-refractivity contribution in [3.63, 3.8) is 0 Å². The van der Waals surface area contributed by atoms with E-state index in [0.29, 0.717) is 6.42 Å². The second kappa shape index (κ2) is 16.5. The number of benzene rings is 2. The zero-order valence-corrected chi connectivity index (χ0v) is 21.9. The van der Waals surface area contributed by atoms with Crippen molar-refractivity contribution in [2.45, 2.75) is 64.6 Å². The second-order valence-electron chi connectivity index (χ2n) is 9.59. The Morgan fingerprint density at radius 2 is 1.49 bits per heavy atom. The van der Waals surface area contributed by atoms with Crippen LogP contribution in [0.4, 0.5) is 0 Å². The van der Waals surface area contributed by atoms with E-state index in [9.17, 15) is 19.5 Å². The highest BCUT2D eigenvalue weighted by molar-refractivity contribution is 5.91. The molecule has 2 rings (SSSR count). The average molecular weight is 512 g/mol. The van der Waals surface area contributed by atoms with Gasteiger partial charge < -0.3 is 26.2 Å². The average Bonchev–Trinajstić information content (AvgIpc) is 2.91. The summed E-state index contributed by atoms with van der Waals surface area (Å²) in [5.41, 5.74) is 7.87. The van der Waals surface area contributed by atoms with Crippen molar-refractivity contribution in [2.75, 3.05) is 13.2 Å².